The van der Waals surface area contributed by atoms with Gasteiger partial charge in [-0.2, -0.15) is 0 Å². The van der Waals surface area contributed by atoms with Crippen LogP contribution in [0.15, 0.2) is 36.5 Å². The smallest absolute Gasteiger partial charge is 0.259 e. The molecular weight excluding hydrogens is 388 g/mol. The lowest BCUT2D eigenvalue weighted by Crippen LogP contribution is -2.44. The van der Waals surface area contributed by atoms with Crippen LogP contribution in [0.4, 0.5) is 5.69 Å². The molecule has 1 saturated carbocycles. The standard InChI is InChI=1S/C22H27ClN2O2Si/c1-21(2,3)28(4,5)27-22(11-12-22)15-6-8-16(9-7-15)25-14-18-17(20(25)26)10-13-24-19(18)23/h6-10,13H,11-12,14H2,1-5H3. The maximum atomic E-state index is 12.8. The number of benzene rings is 1. The summed E-state index contributed by atoms with van der Waals surface area (Å²) < 4.78 is 6.77. The molecule has 1 aliphatic heterocycles. The third-order valence-electron chi connectivity index (χ3n) is 6.46. The molecule has 4 rings (SSSR count). The zero-order chi connectivity index (χ0) is 20.3. The minimum absolute atomic E-state index is 0.0225. The summed E-state index contributed by atoms with van der Waals surface area (Å²) in [4.78, 5) is 18.6. The van der Waals surface area contributed by atoms with Gasteiger partial charge >= 0.3 is 0 Å². The van der Waals surface area contributed by atoms with Gasteiger partial charge in [-0.25, -0.2) is 4.98 Å². The van der Waals surface area contributed by atoms with E-state index in [4.69, 9.17) is 16.0 Å². The van der Waals surface area contributed by atoms with Crippen LogP contribution in [-0.2, 0) is 16.6 Å². The summed E-state index contributed by atoms with van der Waals surface area (Å²) >= 11 is 6.18. The Morgan fingerprint density at radius 1 is 1.14 bits per heavy atom. The maximum absolute atomic E-state index is 12.8. The maximum Gasteiger partial charge on any atom is 0.259 e. The molecule has 2 aliphatic rings. The first-order valence-corrected chi connectivity index (χ1v) is 13.1. The second kappa shape index (κ2) is 6.41. The van der Waals surface area contributed by atoms with Crippen LogP contribution in [0.1, 0.15) is 55.1 Å². The number of amides is 1. The number of fused-ring (bicyclic) bond motifs is 1. The van der Waals surface area contributed by atoms with Gasteiger partial charge in [-0.15, -0.1) is 0 Å². The Labute approximate surface area is 173 Å². The summed E-state index contributed by atoms with van der Waals surface area (Å²) in [5.74, 6) is -0.0225. The predicted octanol–water partition coefficient (Wildman–Crippen LogP) is 5.91. The Morgan fingerprint density at radius 2 is 1.79 bits per heavy atom. The van der Waals surface area contributed by atoms with Crippen molar-refractivity contribution in [3.05, 3.63) is 58.4 Å². The van der Waals surface area contributed by atoms with Gasteiger partial charge < -0.3 is 9.33 Å². The number of hydrogen-bond donors (Lipinski definition) is 0. The molecule has 0 saturated heterocycles. The summed E-state index contributed by atoms with van der Waals surface area (Å²) in [6.07, 6.45) is 3.71. The number of halogens is 1. The summed E-state index contributed by atoms with van der Waals surface area (Å²) in [5, 5.41) is 0.591. The van der Waals surface area contributed by atoms with Crippen LogP contribution in [0.5, 0.6) is 0 Å². The lowest BCUT2D eigenvalue weighted by molar-refractivity contribution is 0.0996. The molecular formula is C22H27ClN2O2Si. The van der Waals surface area contributed by atoms with Crippen LogP contribution in [0.3, 0.4) is 0 Å². The average molecular weight is 415 g/mol. The molecule has 1 fully saturated rings. The fraction of sp³-hybridized carbons (Fsp3) is 0.455. The Kier molecular flexibility index (Phi) is 4.49. The van der Waals surface area contributed by atoms with Gasteiger partial charge in [-0.3, -0.25) is 4.79 Å². The number of rotatable bonds is 4. The highest BCUT2D eigenvalue weighted by Crippen LogP contribution is 2.54. The van der Waals surface area contributed by atoms with E-state index in [1.54, 1.807) is 17.2 Å². The number of carbonyl (C=O) groups excluding carboxylic acids is 1. The normalized spacial score (nSPS) is 18.4. The molecule has 0 atom stereocenters. The van der Waals surface area contributed by atoms with E-state index in [-0.39, 0.29) is 16.5 Å². The fourth-order valence-electron chi connectivity index (χ4n) is 3.55. The zero-order valence-electron chi connectivity index (χ0n) is 17.2. The lowest BCUT2D eigenvalue weighted by atomic mass is 10.1. The molecule has 0 bridgehead atoms. The first-order chi connectivity index (χ1) is 13.0. The van der Waals surface area contributed by atoms with E-state index < -0.39 is 8.32 Å². The Morgan fingerprint density at radius 3 is 2.32 bits per heavy atom. The number of pyridine rings is 1. The lowest BCUT2D eigenvalue weighted by Gasteiger charge is -2.40. The minimum atomic E-state index is -1.85. The van der Waals surface area contributed by atoms with Crippen molar-refractivity contribution in [2.45, 2.75) is 63.9 Å². The Hall–Kier alpha value is -1.69. The van der Waals surface area contributed by atoms with Crippen LogP contribution >= 0.6 is 11.6 Å². The highest BCUT2D eigenvalue weighted by atomic mass is 35.5. The van der Waals surface area contributed by atoms with Crippen molar-refractivity contribution in [2.24, 2.45) is 0 Å². The number of aromatic nitrogens is 1. The van der Waals surface area contributed by atoms with Gasteiger partial charge in [0.15, 0.2) is 8.32 Å². The first-order valence-electron chi connectivity index (χ1n) is 9.80. The van der Waals surface area contributed by atoms with E-state index >= 15 is 0 Å². The van der Waals surface area contributed by atoms with Gasteiger partial charge in [-0.05, 0) is 54.7 Å². The number of hydrogen-bond acceptors (Lipinski definition) is 3. The van der Waals surface area contributed by atoms with Crippen molar-refractivity contribution in [2.75, 3.05) is 4.90 Å². The first kappa shape index (κ1) is 19.6. The summed E-state index contributed by atoms with van der Waals surface area (Å²) in [6, 6.07) is 10.0. The van der Waals surface area contributed by atoms with Gasteiger partial charge in [0.2, 0.25) is 0 Å². The molecule has 0 spiro atoms. The van der Waals surface area contributed by atoms with Crippen LogP contribution in [0.25, 0.3) is 0 Å². The molecule has 1 amide bonds. The van der Waals surface area contributed by atoms with Crippen molar-refractivity contribution >= 4 is 31.5 Å². The quantitative estimate of drug-likeness (QED) is 0.461. The van der Waals surface area contributed by atoms with Gasteiger partial charge in [0.1, 0.15) is 5.15 Å². The van der Waals surface area contributed by atoms with Gasteiger partial charge in [-0.1, -0.05) is 44.5 Å². The molecule has 4 nitrogen and oxygen atoms in total. The van der Waals surface area contributed by atoms with Gasteiger partial charge in [0, 0.05) is 23.0 Å². The molecule has 148 valence electrons. The molecule has 1 aliphatic carbocycles. The van der Waals surface area contributed by atoms with Gasteiger partial charge in [0.25, 0.3) is 5.91 Å². The predicted molar refractivity (Wildman–Crippen MR) is 115 cm³/mol. The molecule has 1 aromatic heterocycles. The molecule has 0 N–H and O–H groups in total. The molecule has 0 unspecified atom stereocenters. The largest absolute Gasteiger partial charge is 0.407 e. The van der Waals surface area contributed by atoms with Crippen LogP contribution < -0.4 is 4.90 Å². The van der Waals surface area contributed by atoms with Crippen molar-refractivity contribution < 1.29 is 9.22 Å². The molecule has 2 heterocycles. The monoisotopic (exact) mass is 414 g/mol. The van der Waals surface area contributed by atoms with E-state index in [2.05, 4.69) is 51.0 Å². The van der Waals surface area contributed by atoms with Crippen molar-refractivity contribution in [1.29, 1.82) is 0 Å². The minimum Gasteiger partial charge on any atom is -0.407 e. The summed E-state index contributed by atoms with van der Waals surface area (Å²) in [6.45, 7) is 11.9. The highest BCUT2D eigenvalue weighted by molar-refractivity contribution is 6.74. The average Bonchev–Trinajstić information content (AvgIpc) is 3.31. The third kappa shape index (κ3) is 3.19. The second-order valence-corrected chi connectivity index (χ2v) is 14.5. The van der Waals surface area contributed by atoms with E-state index in [0.29, 0.717) is 17.3 Å². The van der Waals surface area contributed by atoms with Crippen molar-refractivity contribution in [1.82, 2.24) is 4.98 Å². The van der Waals surface area contributed by atoms with Crippen LogP contribution in [-0.4, -0.2) is 19.2 Å². The van der Waals surface area contributed by atoms with E-state index in [1.807, 2.05) is 12.1 Å². The van der Waals surface area contributed by atoms with E-state index in [9.17, 15) is 4.79 Å². The second-order valence-electron chi connectivity index (χ2n) is 9.42. The molecule has 6 heteroatoms. The molecule has 28 heavy (non-hydrogen) atoms. The Bertz CT molecular complexity index is 931. The number of anilines is 1. The summed E-state index contributed by atoms with van der Waals surface area (Å²) in [5.41, 5.74) is 3.39. The highest BCUT2D eigenvalue weighted by Gasteiger charge is 2.52. The number of carbonyl (C=O) groups is 1. The fourth-order valence-corrected chi connectivity index (χ4v) is 5.37. The number of nitrogens with zero attached hydrogens (tertiary/aromatic N) is 2. The SMILES string of the molecule is CC(C)(C)[Si](C)(C)OC1(c2ccc(N3Cc4c(ccnc4Cl)C3=O)cc2)CC1. The molecule has 0 radical (unpaired) electrons. The van der Waals surface area contributed by atoms with Crippen LogP contribution in [0.2, 0.25) is 23.3 Å². The third-order valence-corrected chi connectivity index (χ3v) is 11.3. The Balaban J connectivity index is 1.56. The van der Waals surface area contributed by atoms with Gasteiger partial charge in [0.05, 0.1) is 12.1 Å². The zero-order valence-corrected chi connectivity index (χ0v) is 18.9. The molecule has 1 aromatic carbocycles. The van der Waals surface area contributed by atoms with Crippen molar-refractivity contribution in [3.8, 4) is 0 Å². The molecule has 2 aromatic rings. The van der Waals surface area contributed by atoms with Crippen LogP contribution in [0, 0.1) is 0 Å². The van der Waals surface area contributed by atoms with Crippen molar-refractivity contribution in [3.63, 3.8) is 0 Å². The summed E-state index contributed by atoms with van der Waals surface area (Å²) in [7, 11) is -1.85. The topological polar surface area (TPSA) is 42.4 Å². The van der Waals surface area contributed by atoms with E-state index in [1.165, 1.54) is 5.56 Å². The van der Waals surface area contributed by atoms with E-state index in [0.717, 1.165) is 24.1 Å².